The van der Waals surface area contributed by atoms with E-state index in [1.807, 2.05) is 0 Å². The van der Waals surface area contributed by atoms with E-state index in [1.165, 1.54) is 9.25 Å². The van der Waals surface area contributed by atoms with Gasteiger partial charge in [0.15, 0.2) is 0 Å². The van der Waals surface area contributed by atoms with E-state index in [0.29, 0.717) is 6.54 Å². The van der Waals surface area contributed by atoms with Crippen molar-refractivity contribution in [2.75, 3.05) is 6.61 Å². The molecule has 0 amide bonds. The van der Waals surface area contributed by atoms with E-state index in [1.54, 1.807) is 30.9 Å². The van der Waals surface area contributed by atoms with E-state index in [-0.39, 0.29) is 11.8 Å². The molecule has 1 atom stereocenters. The molecule has 0 aromatic carbocycles. The Morgan fingerprint density at radius 2 is 2.21 bits per heavy atom. The summed E-state index contributed by atoms with van der Waals surface area (Å²) in [7, 11) is 0. The second-order valence-electron chi connectivity index (χ2n) is 4.64. The molecule has 0 radical (unpaired) electrons. The Balaban J connectivity index is 1.74. The van der Waals surface area contributed by atoms with Crippen LogP contribution in [0.5, 0.6) is 0 Å². The number of aromatic nitrogens is 4. The maximum absolute atomic E-state index is 12.2. The van der Waals surface area contributed by atoms with Crippen LogP contribution in [0.2, 0.25) is 0 Å². The summed E-state index contributed by atoms with van der Waals surface area (Å²) >= 11 is 0. The topological polar surface area (TPSA) is 61.9 Å². The van der Waals surface area contributed by atoms with Crippen LogP contribution in [0.1, 0.15) is 19.3 Å². The first-order valence-electron chi connectivity index (χ1n) is 6.51. The van der Waals surface area contributed by atoms with Gasteiger partial charge in [-0.2, -0.15) is 5.10 Å². The molecular formula is C13H16N4O2. The molecule has 1 unspecified atom stereocenters. The average molecular weight is 260 g/mol. The fraction of sp³-hybridized carbons (Fsp3) is 0.462. The van der Waals surface area contributed by atoms with Crippen molar-refractivity contribution < 1.29 is 4.74 Å². The van der Waals surface area contributed by atoms with Crippen molar-refractivity contribution in [3.8, 4) is 5.69 Å². The third kappa shape index (κ3) is 2.58. The molecule has 1 aliphatic rings. The molecule has 0 aliphatic carbocycles. The maximum atomic E-state index is 12.2. The lowest BCUT2D eigenvalue weighted by molar-refractivity contribution is 0.0991. The Labute approximate surface area is 110 Å². The minimum absolute atomic E-state index is 0.121. The largest absolute Gasteiger partial charge is 0.378 e. The number of hydrogen-bond donors (Lipinski definition) is 0. The molecule has 0 N–H and O–H groups in total. The summed E-state index contributed by atoms with van der Waals surface area (Å²) in [5.41, 5.74) is 0.660. The number of ether oxygens (including phenoxy) is 1. The van der Waals surface area contributed by atoms with Crippen LogP contribution in [0, 0.1) is 0 Å². The summed E-state index contributed by atoms with van der Waals surface area (Å²) in [6, 6.07) is 3.57. The molecule has 3 rings (SSSR count). The molecule has 100 valence electrons. The van der Waals surface area contributed by atoms with Gasteiger partial charge in [-0.3, -0.25) is 4.98 Å². The molecule has 0 bridgehead atoms. The van der Waals surface area contributed by atoms with Crippen LogP contribution in [0.25, 0.3) is 5.69 Å². The van der Waals surface area contributed by atoms with Crippen molar-refractivity contribution in [1.29, 1.82) is 0 Å². The number of nitrogens with zero attached hydrogens (tertiary/aromatic N) is 4. The van der Waals surface area contributed by atoms with E-state index in [4.69, 9.17) is 4.74 Å². The van der Waals surface area contributed by atoms with Crippen LogP contribution >= 0.6 is 0 Å². The van der Waals surface area contributed by atoms with E-state index in [0.717, 1.165) is 31.6 Å². The molecule has 0 spiro atoms. The highest BCUT2D eigenvalue weighted by Crippen LogP contribution is 2.15. The highest BCUT2D eigenvalue weighted by atomic mass is 16.5. The zero-order chi connectivity index (χ0) is 13.1. The standard InChI is InChI=1S/C13H16N4O2/c18-13-16(11-3-6-14-7-4-11)10-15-17(13)8-5-12-2-1-9-19-12/h3-4,6-7,10,12H,1-2,5,8-9H2. The van der Waals surface area contributed by atoms with Gasteiger partial charge in [-0.1, -0.05) is 0 Å². The van der Waals surface area contributed by atoms with Crippen LogP contribution in [-0.2, 0) is 11.3 Å². The quantitative estimate of drug-likeness (QED) is 0.822. The summed E-state index contributed by atoms with van der Waals surface area (Å²) < 4.78 is 8.56. The monoisotopic (exact) mass is 260 g/mol. The maximum Gasteiger partial charge on any atom is 0.350 e. The first-order valence-corrected chi connectivity index (χ1v) is 6.51. The third-order valence-electron chi connectivity index (χ3n) is 3.36. The SMILES string of the molecule is O=c1n(-c2ccncc2)cnn1CCC1CCCO1. The second-order valence-corrected chi connectivity index (χ2v) is 4.64. The minimum atomic E-state index is -0.121. The number of hydrogen-bond acceptors (Lipinski definition) is 4. The molecule has 0 saturated carbocycles. The van der Waals surface area contributed by atoms with Crippen molar-refractivity contribution in [2.45, 2.75) is 31.9 Å². The molecule has 1 aliphatic heterocycles. The smallest absolute Gasteiger partial charge is 0.350 e. The van der Waals surface area contributed by atoms with Gasteiger partial charge in [0.05, 0.1) is 11.8 Å². The Morgan fingerprint density at radius 3 is 2.95 bits per heavy atom. The van der Waals surface area contributed by atoms with Crippen molar-refractivity contribution in [3.05, 3.63) is 41.3 Å². The second kappa shape index (κ2) is 5.36. The van der Waals surface area contributed by atoms with Crippen molar-refractivity contribution in [2.24, 2.45) is 0 Å². The van der Waals surface area contributed by atoms with Crippen LogP contribution in [0.4, 0.5) is 0 Å². The number of rotatable bonds is 4. The van der Waals surface area contributed by atoms with Crippen LogP contribution in [0.15, 0.2) is 35.6 Å². The lowest BCUT2D eigenvalue weighted by atomic mass is 10.2. The Morgan fingerprint density at radius 1 is 1.37 bits per heavy atom. The normalized spacial score (nSPS) is 18.8. The summed E-state index contributed by atoms with van der Waals surface area (Å²) in [4.78, 5) is 16.1. The number of pyridine rings is 1. The lowest BCUT2D eigenvalue weighted by Crippen LogP contribution is -2.25. The van der Waals surface area contributed by atoms with Gasteiger partial charge in [0, 0.05) is 25.5 Å². The zero-order valence-corrected chi connectivity index (χ0v) is 10.6. The van der Waals surface area contributed by atoms with E-state index in [9.17, 15) is 4.79 Å². The fourth-order valence-corrected chi connectivity index (χ4v) is 2.31. The summed E-state index contributed by atoms with van der Waals surface area (Å²) in [5, 5.41) is 4.14. The molecule has 1 fully saturated rings. The molecule has 19 heavy (non-hydrogen) atoms. The van der Waals surface area contributed by atoms with Crippen molar-refractivity contribution in [1.82, 2.24) is 19.3 Å². The van der Waals surface area contributed by atoms with Gasteiger partial charge in [0.1, 0.15) is 6.33 Å². The van der Waals surface area contributed by atoms with Gasteiger partial charge >= 0.3 is 5.69 Å². The molecular weight excluding hydrogens is 244 g/mol. The highest BCUT2D eigenvalue weighted by Gasteiger charge is 2.16. The summed E-state index contributed by atoms with van der Waals surface area (Å²) in [6.45, 7) is 1.44. The third-order valence-corrected chi connectivity index (χ3v) is 3.36. The minimum Gasteiger partial charge on any atom is -0.378 e. The molecule has 1 saturated heterocycles. The highest BCUT2D eigenvalue weighted by molar-refractivity contribution is 5.27. The van der Waals surface area contributed by atoms with E-state index >= 15 is 0 Å². The van der Waals surface area contributed by atoms with E-state index < -0.39 is 0 Å². The van der Waals surface area contributed by atoms with Crippen LogP contribution in [0.3, 0.4) is 0 Å². The molecule has 2 aromatic rings. The summed E-state index contributed by atoms with van der Waals surface area (Å²) in [5.74, 6) is 0. The first kappa shape index (κ1) is 12.1. The lowest BCUT2D eigenvalue weighted by Gasteiger charge is -2.07. The molecule has 6 nitrogen and oxygen atoms in total. The fourth-order valence-electron chi connectivity index (χ4n) is 2.31. The van der Waals surface area contributed by atoms with Crippen LogP contribution in [-0.4, -0.2) is 32.0 Å². The molecule has 2 aromatic heterocycles. The zero-order valence-electron chi connectivity index (χ0n) is 10.6. The van der Waals surface area contributed by atoms with Gasteiger partial charge in [-0.05, 0) is 31.4 Å². The summed E-state index contributed by atoms with van der Waals surface area (Å²) in [6.07, 6.45) is 8.18. The van der Waals surface area contributed by atoms with E-state index in [2.05, 4.69) is 10.1 Å². The Hall–Kier alpha value is -1.95. The van der Waals surface area contributed by atoms with Gasteiger partial charge in [0.2, 0.25) is 0 Å². The predicted octanol–water partition coefficient (Wildman–Crippen LogP) is 0.998. The van der Waals surface area contributed by atoms with Crippen LogP contribution < -0.4 is 5.69 Å². The van der Waals surface area contributed by atoms with Gasteiger partial charge in [-0.15, -0.1) is 0 Å². The van der Waals surface area contributed by atoms with Gasteiger partial charge < -0.3 is 4.74 Å². The average Bonchev–Trinajstić information content (AvgIpc) is 3.07. The Bertz CT molecular complexity index is 584. The Kier molecular flexibility index (Phi) is 3.41. The van der Waals surface area contributed by atoms with Gasteiger partial charge in [-0.25, -0.2) is 14.0 Å². The molecule has 6 heteroatoms. The number of aryl methyl sites for hydroxylation is 1. The van der Waals surface area contributed by atoms with Crippen molar-refractivity contribution in [3.63, 3.8) is 0 Å². The first-order chi connectivity index (χ1) is 9.34. The predicted molar refractivity (Wildman–Crippen MR) is 69.2 cm³/mol. The van der Waals surface area contributed by atoms with Gasteiger partial charge in [0.25, 0.3) is 0 Å². The molecule has 3 heterocycles. The van der Waals surface area contributed by atoms with Crippen molar-refractivity contribution >= 4 is 0 Å².